The maximum Gasteiger partial charge on any atom is 0.130 e. The van der Waals surface area contributed by atoms with Crippen LogP contribution in [0.25, 0.3) is 10.9 Å². The highest BCUT2D eigenvalue weighted by molar-refractivity contribution is 5.82. The number of hydrogen-bond acceptors (Lipinski definition) is 2. The number of fused-ring (bicyclic) bond motifs is 2. The fourth-order valence-electron chi connectivity index (χ4n) is 2.27. The van der Waals surface area contributed by atoms with E-state index in [1.54, 1.807) is 6.07 Å². The summed E-state index contributed by atoms with van der Waals surface area (Å²) in [4.78, 5) is 4.46. The Morgan fingerprint density at radius 3 is 2.94 bits per heavy atom. The molecule has 3 heteroatoms. The lowest BCUT2D eigenvalue weighted by Gasteiger charge is -2.17. The maximum absolute atomic E-state index is 13.1. The van der Waals surface area contributed by atoms with Crippen molar-refractivity contribution in [3.05, 3.63) is 35.6 Å². The topological polar surface area (TPSA) is 24.9 Å². The first kappa shape index (κ1) is 9.58. The predicted octanol–water partition coefficient (Wildman–Crippen LogP) is 3.12. The van der Waals surface area contributed by atoms with Crippen LogP contribution in [0.2, 0.25) is 0 Å². The minimum atomic E-state index is -0.239. The van der Waals surface area contributed by atoms with Gasteiger partial charge in [0.2, 0.25) is 0 Å². The number of aromatic nitrogens is 1. The number of pyridine rings is 1. The zero-order valence-electron chi connectivity index (χ0n) is 9.34. The van der Waals surface area contributed by atoms with E-state index in [0.29, 0.717) is 5.52 Å². The number of nitrogens with zero attached hydrogens (tertiary/aromatic N) is 1. The quantitative estimate of drug-likeness (QED) is 0.731. The van der Waals surface area contributed by atoms with Crippen molar-refractivity contribution in [2.24, 2.45) is 0 Å². The molecular formula is C13H13FN2. The minimum Gasteiger partial charge on any atom is -0.365 e. The highest BCUT2D eigenvalue weighted by atomic mass is 19.1. The molecule has 2 nitrogen and oxygen atoms in total. The van der Waals surface area contributed by atoms with Crippen LogP contribution in [0.4, 0.5) is 10.2 Å². The van der Waals surface area contributed by atoms with Crippen LogP contribution in [0.15, 0.2) is 24.3 Å². The van der Waals surface area contributed by atoms with Gasteiger partial charge in [-0.25, -0.2) is 9.37 Å². The summed E-state index contributed by atoms with van der Waals surface area (Å²) in [6.07, 6.45) is 0.961. The second-order valence-electron chi connectivity index (χ2n) is 5.02. The average molecular weight is 216 g/mol. The summed E-state index contributed by atoms with van der Waals surface area (Å²) in [5.74, 6) is 0.653. The Kier molecular flexibility index (Phi) is 1.76. The van der Waals surface area contributed by atoms with Crippen LogP contribution in [0.5, 0.6) is 0 Å². The molecule has 0 bridgehead atoms. The van der Waals surface area contributed by atoms with E-state index in [-0.39, 0.29) is 11.4 Å². The molecule has 0 unspecified atom stereocenters. The number of hydrogen-bond donors (Lipinski definition) is 1. The third kappa shape index (κ3) is 1.43. The molecule has 3 rings (SSSR count). The van der Waals surface area contributed by atoms with Crippen LogP contribution in [-0.4, -0.2) is 10.5 Å². The molecule has 1 aromatic carbocycles. The Labute approximate surface area is 93.5 Å². The second kappa shape index (κ2) is 2.94. The van der Waals surface area contributed by atoms with Crippen LogP contribution in [0, 0.1) is 5.82 Å². The smallest absolute Gasteiger partial charge is 0.130 e. The third-order valence-electron chi connectivity index (χ3n) is 2.95. The summed E-state index contributed by atoms with van der Waals surface area (Å²) < 4.78 is 13.1. The maximum atomic E-state index is 13.1. The molecule has 0 aliphatic carbocycles. The first-order valence-corrected chi connectivity index (χ1v) is 5.41. The summed E-state index contributed by atoms with van der Waals surface area (Å²) in [7, 11) is 0. The van der Waals surface area contributed by atoms with Crippen LogP contribution in [0.1, 0.15) is 19.4 Å². The SMILES string of the molecule is CC1(C)Cc2cc3ccc(F)cc3nc2N1. The van der Waals surface area contributed by atoms with E-state index < -0.39 is 0 Å². The highest BCUT2D eigenvalue weighted by Gasteiger charge is 2.28. The van der Waals surface area contributed by atoms with E-state index in [4.69, 9.17) is 0 Å². The number of nitrogens with one attached hydrogen (secondary N) is 1. The first-order chi connectivity index (χ1) is 7.53. The lowest BCUT2D eigenvalue weighted by Crippen LogP contribution is -2.27. The van der Waals surface area contributed by atoms with Crippen molar-refractivity contribution in [1.29, 1.82) is 0 Å². The molecule has 0 atom stereocenters. The van der Waals surface area contributed by atoms with Gasteiger partial charge < -0.3 is 5.32 Å². The molecule has 82 valence electrons. The number of benzene rings is 1. The van der Waals surface area contributed by atoms with E-state index in [2.05, 4.69) is 30.2 Å². The van der Waals surface area contributed by atoms with Crippen molar-refractivity contribution in [3.8, 4) is 0 Å². The second-order valence-corrected chi connectivity index (χ2v) is 5.02. The molecule has 2 heterocycles. The Bertz CT molecular complexity index is 575. The van der Waals surface area contributed by atoms with Crippen molar-refractivity contribution < 1.29 is 4.39 Å². The predicted molar refractivity (Wildman–Crippen MR) is 63.1 cm³/mol. The fourth-order valence-corrected chi connectivity index (χ4v) is 2.27. The molecule has 1 aromatic heterocycles. The van der Waals surface area contributed by atoms with Gasteiger partial charge in [-0.3, -0.25) is 0 Å². The van der Waals surface area contributed by atoms with E-state index >= 15 is 0 Å². The van der Waals surface area contributed by atoms with Crippen LogP contribution >= 0.6 is 0 Å². The minimum absolute atomic E-state index is 0.0469. The molecule has 1 N–H and O–H groups in total. The van der Waals surface area contributed by atoms with Crippen molar-refractivity contribution >= 4 is 16.7 Å². The molecule has 0 saturated carbocycles. The van der Waals surface area contributed by atoms with Gasteiger partial charge in [0.15, 0.2) is 0 Å². The Balaban J connectivity index is 2.22. The normalized spacial score (nSPS) is 17.2. The van der Waals surface area contributed by atoms with Gasteiger partial charge in [0.05, 0.1) is 5.52 Å². The molecule has 1 aliphatic rings. The molecule has 2 aromatic rings. The Hall–Kier alpha value is -1.64. The zero-order chi connectivity index (χ0) is 11.3. The van der Waals surface area contributed by atoms with Crippen molar-refractivity contribution in [3.63, 3.8) is 0 Å². The molecule has 0 amide bonds. The van der Waals surface area contributed by atoms with Gasteiger partial charge >= 0.3 is 0 Å². The van der Waals surface area contributed by atoms with E-state index in [0.717, 1.165) is 17.6 Å². The summed E-state index contributed by atoms with van der Waals surface area (Å²) in [6, 6.07) is 6.83. The van der Waals surface area contributed by atoms with Gasteiger partial charge in [0.25, 0.3) is 0 Å². The monoisotopic (exact) mass is 216 g/mol. The van der Waals surface area contributed by atoms with E-state index in [1.165, 1.54) is 17.7 Å². The molecule has 0 spiro atoms. The van der Waals surface area contributed by atoms with E-state index in [1.807, 2.05) is 0 Å². The number of anilines is 1. The summed E-state index contributed by atoms with van der Waals surface area (Å²) in [6.45, 7) is 4.28. The lowest BCUT2D eigenvalue weighted by molar-refractivity contribution is 0.593. The van der Waals surface area contributed by atoms with Gasteiger partial charge in [0, 0.05) is 17.0 Å². The first-order valence-electron chi connectivity index (χ1n) is 5.41. The van der Waals surface area contributed by atoms with Crippen molar-refractivity contribution in [1.82, 2.24) is 4.98 Å². The van der Waals surface area contributed by atoms with Gasteiger partial charge in [-0.1, -0.05) is 0 Å². The van der Waals surface area contributed by atoms with Crippen LogP contribution in [0.3, 0.4) is 0 Å². The van der Waals surface area contributed by atoms with Gasteiger partial charge in [-0.2, -0.15) is 0 Å². The largest absolute Gasteiger partial charge is 0.365 e. The summed E-state index contributed by atoms with van der Waals surface area (Å²) in [5.41, 5.74) is 1.97. The summed E-state index contributed by atoms with van der Waals surface area (Å²) in [5, 5.41) is 4.35. The fraction of sp³-hybridized carbons (Fsp3) is 0.308. The van der Waals surface area contributed by atoms with Gasteiger partial charge in [-0.15, -0.1) is 0 Å². The van der Waals surface area contributed by atoms with Gasteiger partial charge in [-0.05, 0) is 44.0 Å². The van der Waals surface area contributed by atoms with Crippen LogP contribution in [-0.2, 0) is 6.42 Å². The van der Waals surface area contributed by atoms with Crippen molar-refractivity contribution in [2.45, 2.75) is 25.8 Å². The standard InChI is InChI=1S/C13H13FN2/c1-13(2)7-9-5-8-3-4-10(14)6-11(8)15-12(9)16-13/h3-6H,7H2,1-2H3,(H,15,16). The molecule has 16 heavy (non-hydrogen) atoms. The Morgan fingerprint density at radius 2 is 2.12 bits per heavy atom. The van der Waals surface area contributed by atoms with Gasteiger partial charge in [0.1, 0.15) is 11.6 Å². The number of halogens is 1. The third-order valence-corrected chi connectivity index (χ3v) is 2.95. The highest BCUT2D eigenvalue weighted by Crippen LogP contribution is 2.32. The number of rotatable bonds is 0. The molecule has 1 aliphatic heterocycles. The molecule has 0 fully saturated rings. The van der Waals surface area contributed by atoms with Crippen molar-refractivity contribution in [2.75, 3.05) is 5.32 Å². The molecule has 0 saturated heterocycles. The van der Waals surface area contributed by atoms with Crippen LogP contribution < -0.4 is 5.32 Å². The summed E-state index contributed by atoms with van der Waals surface area (Å²) >= 11 is 0. The van der Waals surface area contributed by atoms with E-state index in [9.17, 15) is 4.39 Å². The molecule has 0 radical (unpaired) electrons. The Morgan fingerprint density at radius 1 is 1.31 bits per heavy atom. The average Bonchev–Trinajstić information content (AvgIpc) is 2.47. The lowest BCUT2D eigenvalue weighted by atomic mass is 10.0. The zero-order valence-corrected chi connectivity index (χ0v) is 9.34. The molecular weight excluding hydrogens is 203 g/mol.